The SMILES string of the molecule is CCC(C)(C)NCCN(C)CC1CCOCC1. The minimum Gasteiger partial charge on any atom is -0.381 e. The Morgan fingerprint density at radius 3 is 2.53 bits per heavy atom. The number of nitrogens with zero attached hydrogens (tertiary/aromatic N) is 1. The predicted octanol–water partition coefficient (Wildman–Crippen LogP) is 2.12. The van der Waals surface area contributed by atoms with Gasteiger partial charge in [-0.2, -0.15) is 0 Å². The first-order chi connectivity index (χ1) is 8.03. The monoisotopic (exact) mass is 242 g/mol. The molecule has 1 heterocycles. The Morgan fingerprint density at radius 1 is 1.29 bits per heavy atom. The van der Waals surface area contributed by atoms with Crippen molar-refractivity contribution in [1.29, 1.82) is 0 Å². The highest BCUT2D eigenvalue weighted by Crippen LogP contribution is 2.15. The van der Waals surface area contributed by atoms with E-state index in [1.165, 1.54) is 25.8 Å². The summed E-state index contributed by atoms with van der Waals surface area (Å²) in [4.78, 5) is 2.45. The first-order valence-corrected chi connectivity index (χ1v) is 7.05. The third-order valence-corrected chi connectivity index (χ3v) is 3.89. The van der Waals surface area contributed by atoms with Gasteiger partial charge in [0.05, 0.1) is 0 Å². The summed E-state index contributed by atoms with van der Waals surface area (Å²) in [5.74, 6) is 0.841. The number of rotatable bonds is 7. The predicted molar refractivity (Wildman–Crippen MR) is 73.4 cm³/mol. The Kier molecular flexibility index (Phi) is 6.45. The lowest BCUT2D eigenvalue weighted by atomic mass is 10.00. The molecule has 1 fully saturated rings. The van der Waals surface area contributed by atoms with E-state index < -0.39 is 0 Å². The highest BCUT2D eigenvalue weighted by Gasteiger charge is 2.17. The van der Waals surface area contributed by atoms with Crippen LogP contribution in [0.2, 0.25) is 0 Å². The fourth-order valence-electron chi connectivity index (χ4n) is 2.17. The van der Waals surface area contributed by atoms with Gasteiger partial charge < -0.3 is 15.0 Å². The summed E-state index contributed by atoms with van der Waals surface area (Å²) in [5, 5.41) is 3.61. The maximum absolute atomic E-state index is 5.39. The van der Waals surface area contributed by atoms with Crippen LogP contribution in [0, 0.1) is 5.92 Å². The van der Waals surface area contributed by atoms with Gasteiger partial charge in [-0.1, -0.05) is 6.92 Å². The van der Waals surface area contributed by atoms with Gasteiger partial charge in [0.15, 0.2) is 0 Å². The molecule has 3 heteroatoms. The zero-order valence-corrected chi connectivity index (χ0v) is 12.1. The normalized spacial score (nSPS) is 18.9. The lowest BCUT2D eigenvalue weighted by Crippen LogP contribution is -2.43. The van der Waals surface area contributed by atoms with E-state index >= 15 is 0 Å². The molecule has 0 radical (unpaired) electrons. The van der Waals surface area contributed by atoms with Gasteiger partial charge in [-0.05, 0) is 46.1 Å². The fraction of sp³-hybridized carbons (Fsp3) is 1.00. The molecule has 3 nitrogen and oxygen atoms in total. The van der Waals surface area contributed by atoms with Crippen LogP contribution in [0.25, 0.3) is 0 Å². The molecule has 102 valence electrons. The molecule has 1 saturated heterocycles. The zero-order chi connectivity index (χ0) is 12.7. The Balaban J connectivity index is 2.10. The van der Waals surface area contributed by atoms with Crippen molar-refractivity contribution in [3.63, 3.8) is 0 Å². The maximum Gasteiger partial charge on any atom is 0.0469 e. The van der Waals surface area contributed by atoms with Gasteiger partial charge in [0.2, 0.25) is 0 Å². The van der Waals surface area contributed by atoms with Crippen molar-refractivity contribution in [2.45, 2.75) is 45.6 Å². The van der Waals surface area contributed by atoms with Gasteiger partial charge in [-0.3, -0.25) is 0 Å². The van der Waals surface area contributed by atoms with Crippen LogP contribution in [0.15, 0.2) is 0 Å². The van der Waals surface area contributed by atoms with E-state index in [0.717, 1.165) is 32.2 Å². The van der Waals surface area contributed by atoms with Crippen LogP contribution in [0.4, 0.5) is 0 Å². The molecule has 0 bridgehead atoms. The first-order valence-electron chi connectivity index (χ1n) is 7.05. The van der Waals surface area contributed by atoms with Crippen LogP contribution in [0.3, 0.4) is 0 Å². The third-order valence-electron chi connectivity index (χ3n) is 3.89. The molecule has 0 saturated carbocycles. The summed E-state index contributed by atoms with van der Waals surface area (Å²) in [6.45, 7) is 12.1. The molecule has 0 amide bonds. The van der Waals surface area contributed by atoms with Crippen LogP contribution in [0.5, 0.6) is 0 Å². The third kappa shape index (κ3) is 6.39. The van der Waals surface area contributed by atoms with Gasteiger partial charge in [-0.25, -0.2) is 0 Å². The molecule has 1 aliphatic heterocycles. The van der Waals surface area contributed by atoms with Crippen molar-refractivity contribution >= 4 is 0 Å². The van der Waals surface area contributed by atoms with E-state index in [2.05, 4.69) is 38.0 Å². The second-order valence-corrected chi connectivity index (χ2v) is 5.98. The summed E-state index contributed by atoms with van der Waals surface area (Å²) in [5.41, 5.74) is 0.277. The molecule has 0 aromatic heterocycles. The number of hydrogen-bond acceptors (Lipinski definition) is 3. The van der Waals surface area contributed by atoms with E-state index in [0.29, 0.717) is 0 Å². The van der Waals surface area contributed by atoms with Gasteiger partial charge in [0, 0.05) is 38.4 Å². The second-order valence-electron chi connectivity index (χ2n) is 5.98. The van der Waals surface area contributed by atoms with Crippen LogP contribution in [0.1, 0.15) is 40.0 Å². The van der Waals surface area contributed by atoms with Gasteiger partial charge in [0.1, 0.15) is 0 Å². The molecule has 1 N–H and O–H groups in total. The van der Waals surface area contributed by atoms with E-state index in [4.69, 9.17) is 4.74 Å². The summed E-state index contributed by atoms with van der Waals surface area (Å²) < 4.78 is 5.39. The molecule has 0 aliphatic carbocycles. The van der Waals surface area contributed by atoms with Crippen molar-refractivity contribution in [3.8, 4) is 0 Å². The molecule has 17 heavy (non-hydrogen) atoms. The Hall–Kier alpha value is -0.120. The van der Waals surface area contributed by atoms with Crippen LogP contribution in [-0.4, -0.2) is 50.3 Å². The van der Waals surface area contributed by atoms with Crippen LogP contribution < -0.4 is 5.32 Å². The van der Waals surface area contributed by atoms with Crippen molar-refractivity contribution < 1.29 is 4.74 Å². The molecule has 0 aromatic rings. The minimum absolute atomic E-state index is 0.277. The lowest BCUT2D eigenvalue weighted by molar-refractivity contribution is 0.0557. The average molecular weight is 242 g/mol. The minimum atomic E-state index is 0.277. The van der Waals surface area contributed by atoms with Crippen molar-refractivity contribution in [2.75, 3.05) is 39.9 Å². The van der Waals surface area contributed by atoms with Crippen LogP contribution >= 0.6 is 0 Å². The van der Waals surface area contributed by atoms with Crippen molar-refractivity contribution in [2.24, 2.45) is 5.92 Å². The summed E-state index contributed by atoms with van der Waals surface area (Å²) >= 11 is 0. The lowest BCUT2D eigenvalue weighted by Gasteiger charge is -2.29. The highest BCUT2D eigenvalue weighted by atomic mass is 16.5. The topological polar surface area (TPSA) is 24.5 Å². The summed E-state index contributed by atoms with van der Waals surface area (Å²) in [6.07, 6.45) is 3.65. The van der Waals surface area contributed by atoms with Crippen LogP contribution in [-0.2, 0) is 4.74 Å². The Bertz CT molecular complexity index is 200. The molecular weight excluding hydrogens is 212 g/mol. The number of ether oxygens (including phenoxy) is 1. The van der Waals surface area contributed by atoms with Gasteiger partial charge in [0.25, 0.3) is 0 Å². The molecule has 0 aromatic carbocycles. The van der Waals surface area contributed by atoms with E-state index in [9.17, 15) is 0 Å². The Morgan fingerprint density at radius 2 is 1.94 bits per heavy atom. The molecular formula is C14H30N2O. The van der Waals surface area contributed by atoms with E-state index in [1.807, 2.05) is 0 Å². The number of likely N-dealkylation sites (N-methyl/N-ethyl adjacent to an activating group) is 1. The van der Waals surface area contributed by atoms with Crippen molar-refractivity contribution in [3.05, 3.63) is 0 Å². The first kappa shape index (κ1) is 14.9. The largest absolute Gasteiger partial charge is 0.381 e. The number of nitrogens with one attached hydrogen (secondary N) is 1. The number of hydrogen-bond donors (Lipinski definition) is 1. The van der Waals surface area contributed by atoms with E-state index in [-0.39, 0.29) is 5.54 Å². The van der Waals surface area contributed by atoms with Crippen molar-refractivity contribution in [1.82, 2.24) is 10.2 Å². The van der Waals surface area contributed by atoms with E-state index in [1.54, 1.807) is 0 Å². The standard InChI is InChI=1S/C14H30N2O/c1-5-14(2,3)15-8-9-16(4)12-13-6-10-17-11-7-13/h13,15H,5-12H2,1-4H3. The second kappa shape index (κ2) is 7.34. The highest BCUT2D eigenvalue weighted by molar-refractivity contribution is 4.76. The summed E-state index contributed by atoms with van der Waals surface area (Å²) in [6, 6.07) is 0. The Labute approximate surface area is 107 Å². The van der Waals surface area contributed by atoms with Gasteiger partial charge >= 0.3 is 0 Å². The maximum atomic E-state index is 5.39. The molecule has 0 atom stereocenters. The smallest absolute Gasteiger partial charge is 0.0469 e. The van der Waals surface area contributed by atoms with Gasteiger partial charge in [-0.15, -0.1) is 0 Å². The quantitative estimate of drug-likeness (QED) is 0.740. The molecule has 1 aliphatic rings. The molecule has 0 unspecified atom stereocenters. The average Bonchev–Trinajstić information content (AvgIpc) is 2.30. The summed E-state index contributed by atoms with van der Waals surface area (Å²) in [7, 11) is 2.23. The fourth-order valence-corrected chi connectivity index (χ4v) is 2.17. The molecule has 1 rings (SSSR count). The molecule has 0 spiro atoms. The zero-order valence-electron chi connectivity index (χ0n) is 12.1.